The van der Waals surface area contributed by atoms with E-state index in [1.54, 1.807) is 12.1 Å². The van der Waals surface area contributed by atoms with E-state index in [1.807, 2.05) is 42.5 Å². The lowest BCUT2D eigenvalue weighted by molar-refractivity contribution is -0.137. The second kappa shape index (κ2) is 5.55. The Kier molecular flexibility index (Phi) is 3.75. The van der Waals surface area contributed by atoms with Crippen LogP contribution in [0.25, 0.3) is 0 Å². The number of carboxylic acids is 1. The molecule has 0 saturated heterocycles. The maximum absolute atomic E-state index is 11.4. The molecule has 1 aliphatic carbocycles. The van der Waals surface area contributed by atoms with Crippen molar-refractivity contribution >= 4 is 29.2 Å². The van der Waals surface area contributed by atoms with Crippen LogP contribution in [0.2, 0.25) is 10.0 Å². The lowest BCUT2D eigenvalue weighted by Crippen LogP contribution is -2.17. The van der Waals surface area contributed by atoms with Gasteiger partial charge in [0.2, 0.25) is 0 Å². The van der Waals surface area contributed by atoms with Crippen LogP contribution >= 0.6 is 23.2 Å². The van der Waals surface area contributed by atoms with Crippen molar-refractivity contribution in [2.24, 2.45) is 0 Å². The Morgan fingerprint density at radius 1 is 0.952 bits per heavy atom. The highest BCUT2D eigenvalue weighted by Gasteiger charge is 2.27. The first-order valence-corrected chi connectivity index (χ1v) is 7.28. The predicted octanol–water partition coefficient (Wildman–Crippen LogP) is 4.86. The minimum Gasteiger partial charge on any atom is -0.481 e. The van der Waals surface area contributed by atoms with E-state index in [2.05, 4.69) is 0 Å². The fraction of sp³-hybridized carbons (Fsp3) is 0.118. The van der Waals surface area contributed by atoms with E-state index in [-0.39, 0.29) is 5.92 Å². The van der Waals surface area contributed by atoms with Crippen LogP contribution in [0.1, 0.15) is 28.5 Å². The van der Waals surface area contributed by atoms with Crippen molar-refractivity contribution in [1.29, 1.82) is 0 Å². The van der Waals surface area contributed by atoms with Gasteiger partial charge >= 0.3 is 5.97 Å². The highest BCUT2D eigenvalue weighted by atomic mass is 35.5. The fourth-order valence-corrected chi connectivity index (χ4v) is 3.03. The molecule has 0 amide bonds. The number of hydrogen-bond acceptors (Lipinski definition) is 1. The summed E-state index contributed by atoms with van der Waals surface area (Å²) in [6, 6.07) is 13.1. The molecule has 0 heterocycles. The second-order valence-electron chi connectivity index (χ2n) is 4.98. The molecule has 21 heavy (non-hydrogen) atoms. The van der Waals surface area contributed by atoms with E-state index in [0.29, 0.717) is 10.0 Å². The quantitative estimate of drug-likeness (QED) is 0.802. The highest BCUT2D eigenvalue weighted by molar-refractivity contribution is 6.42. The summed E-state index contributed by atoms with van der Waals surface area (Å²) in [6.45, 7) is 0. The van der Waals surface area contributed by atoms with Gasteiger partial charge in [0.15, 0.2) is 0 Å². The number of hydrogen-bond donors (Lipinski definition) is 1. The Morgan fingerprint density at radius 3 is 2.33 bits per heavy atom. The molecular formula is C17H12Cl2O2. The van der Waals surface area contributed by atoms with Gasteiger partial charge in [0, 0.05) is 5.92 Å². The largest absolute Gasteiger partial charge is 0.481 e. The molecule has 2 aromatic carbocycles. The zero-order chi connectivity index (χ0) is 15.0. The van der Waals surface area contributed by atoms with Crippen LogP contribution < -0.4 is 0 Å². The normalized spacial score (nSPS) is 20.1. The lowest BCUT2D eigenvalue weighted by Gasteiger charge is -2.25. The van der Waals surface area contributed by atoms with E-state index < -0.39 is 11.9 Å². The third kappa shape index (κ3) is 2.57. The minimum atomic E-state index is -0.841. The summed E-state index contributed by atoms with van der Waals surface area (Å²) >= 11 is 12.0. The maximum atomic E-state index is 11.4. The number of benzene rings is 2. The number of aliphatic carboxylic acids is 1. The molecule has 1 N–H and O–H groups in total. The van der Waals surface area contributed by atoms with Crippen LogP contribution in [-0.2, 0) is 4.79 Å². The third-order valence-corrected chi connectivity index (χ3v) is 4.47. The van der Waals surface area contributed by atoms with Crippen LogP contribution in [0.4, 0.5) is 0 Å². The van der Waals surface area contributed by atoms with Gasteiger partial charge < -0.3 is 5.11 Å². The topological polar surface area (TPSA) is 37.3 Å². The number of allylic oxidation sites excluding steroid dienone is 1. The summed E-state index contributed by atoms with van der Waals surface area (Å²) in [5.41, 5.74) is 2.81. The molecule has 0 fully saturated rings. The molecule has 0 saturated carbocycles. The minimum absolute atomic E-state index is 0.00781. The maximum Gasteiger partial charge on any atom is 0.314 e. The molecule has 0 radical (unpaired) electrons. The van der Waals surface area contributed by atoms with Crippen molar-refractivity contribution < 1.29 is 9.90 Å². The lowest BCUT2D eigenvalue weighted by atomic mass is 9.79. The average molecular weight is 319 g/mol. The summed E-state index contributed by atoms with van der Waals surface area (Å²) < 4.78 is 0. The van der Waals surface area contributed by atoms with Crippen molar-refractivity contribution in [3.8, 4) is 0 Å². The average Bonchev–Trinajstić information content (AvgIpc) is 2.49. The van der Waals surface area contributed by atoms with Crippen LogP contribution in [-0.4, -0.2) is 11.1 Å². The highest BCUT2D eigenvalue weighted by Crippen LogP contribution is 2.39. The Hall–Kier alpha value is -1.77. The number of carboxylic acid groups (broad SMARTS) is 1. The monoisotopic (exact) mass is 318 g/mol. The molecule has 2 atom stereocenters. The fourth-order valence-electron chi connectivity index (χ4n) is 2.72. The molecule has 106 valence electrons. The zero-order valence-corrected chi connectivity index (χ0v) is 12.5. The summed E-state index contributed by atoms with van der Waals surface area (Å²) in [5.74, 6) is -1.45. The van der Waals surface area contributed by atoms with E-state index in [9.17, 15) is 9.90 Å². The number of carbonyl (C=O) groups is 1. The number of rotatable bonds is 2. The van der Waals surface area contributed by atoms with E-state index in [1.165, 1.54) is 0 Å². The van der Waals surface area contributed by atoms with Gasteiger partial charge in [0.25, 0.3) is 0 Å². The SMILES string of the molecule is O=C(O)[C@H]1C=C[C@@H](c2ccc(Cl)c(Cl)c2)c2ccccc21. The summed E-state index contributed by atoms with van der Waals surface area (Å²) in [7, 11) is 0. The van der Waals surface area contributed by atoms with Crippen LogP contribution in [0.3, 0.4) is 0 Å². The molecule has 2 aromatic rings. The molecular weight excluding hydrogens is 307 g/mol. The molecule has 1 aliphatic rings. The van der Waals surface area contributed by atoms with Crippen molar-refractivity contribution in [2.75, 3.05) is 0 Å². The molecule has 3 rings (SSSR count). The van der Waals surface area contributed by atoms with Crippen molar-refractivity contribution in [3.05, 3.63) is 81.4 Å². The molecule has 0 spiro atoms. The van der Waals surface area contributed by atoms with E-state index in [4.69, 9.17) is 23.2 Å². The smallest absolute Gasteiger partial charge is 0.314 e. The third-order valence-electron chi connectivity index (χ3n) is 3.73. The Bertz CT molecular complexity index is 737. The van der Waals surface area contributed by atoms with Gasteiger partial charge in [-0.2, -0.15) is 0 Å². The Balaban J connectivity index is 2.11. The predicted molar refractivity (Wildman–Crippen MR) is 84.3 cm³/mol. The summed E-state index contributed by atoms with van der Waals surface area (Å²) in [5, 5.41) is 10.3. The number of fused-ring (bicyclic) bond motifs is 1. The molecule has 4 heteroatoms. The molecule has 0 aliphatic heterocycles. The van der Waals surface area contributed by atoms with E-state index in [0.717, 1.165) is 16.7 Å². The molecule has 2 nitrogen and oxygen atoms in total. The first-order valence-electron chi connectivity index (χ1n) is 6.53. The van der Waals surface area contributed by atoms with Crippen molar-refractivity contribution in [1.82, 2.24) is 0 Å². The van der Waals surface area contributed by atoms with Gasteiger partial charge in [-0.25, -0.2) is 0 Å². The molecule has 0 aromatic heterocycles. The Labute approximate surface area is 132 Å². The summed E-state index contributed by atoms with van der Waals surface area (Å²) in [4.78, 5) is 11.4. The van der Waals surface area contributed by atoms with E-state index >= 15 is 0 Å². The molecule has 0 unspecified atom stereocenters. The summed E-state index contributed by atoms with van der Waals surface area (Å²) in [6.07, 6.45) is 3.65. The van der Waals surface area contributed by atoms with Crippen molar-refractivity contribution in [2.45, 2.75) is 11.8 Å². The molecule has 0 bridgehead atoms. The Morgan fingerprint density at radius 2 is 1.67 bits per heavy atom. The zero-order valence-electron chi connectivity index (χ0n) is 11.0. The van der Waals surface area contributed by atoms with Gasteiger partial charge in [0.05, 0.1) is 10.0 Å². The van der Waals surface area contributed by atoms with Gasteiger partial charge in [-0.05, 0) is 28.8 Å². The van der Waals surface area contributed by atoms with Crippen LogP contribution in [0.5, 0.6) is 0 Å². The van der Waals surface area contributed by atoms with Gasteiger partial charge in [-0.1, -0.05) is 65.7 Å². The van der Waals surface area contributed by atoms with Gasteiger partial charge in [-0.15, -0.1) is 0 Å². The standard InChI is InChI=1S/C17H12Cl2O2/c18-15-8-5-10(9-16(15)19)11-6-7-14(17(20)21)13-4-2-1-3-12(11)13/h1-9,11,14H,(H,20,21)/t11-,14-/m0/s1. The van der Waals surface area contributed by atoms with Gasteiger partial charge in [-0.3, -0.25) is 4.79 Å². The van der Waals surface area contributed by atoms with Gasteiger partial charge in [0.1, 0.15) is 5.92 Å². The first kappa shape index (κ1) is 14.2. The first-order chi connectivity index (χ1) is 10.1. The van der Waals surface area contributed by atoms with Crippen LogP contribution in [0.15, 0.2) is 54.6 Å². The van der Waals surface area contributed by atoms with Crippen LogP contribution in [0, 0.1) is 0 Å². The number of halogens is 2. The van der Waals surface area contributed by atoms with Crippen molar-refractivity contribution in [3.63, 3.8) is 0 Å². The second-order valence-corrected chi connectivity index (χ2v) is 5.80.